The highest BCUT2D eigenvalue weighted by Crippen LogP contribution is 2.34. The number of hydrogen-bond donors (Lipinski definition) is 2. The Morgan fingerprint density at radius 1 is 1.39 bits per heavy atom. The highest BCUT2D eigenvalue weighted by Gasteiger charge is 2.34. The molecule has 1 aromatic carbocycles. The first-order valence-electron chi connectivity index (χ1n) is 7.80. The van der Waals surface area contributed by atoms with Gasteiger partial charge in [0.05, 0.1) is 24.4 Å². The standard InChI is InChI=1S/C16H23F3N2O2/c1-2-21-7-8-23-12(11-21)9-20-10-15(22)13-5-3-4-6-14(13)16(17,18)19/h3-6,12,15,20,22H,2,7-11H2,1H3. The first kappa shape index (κ1) is 18.2. The van der Waals surface area contributed by atoms with Gasteiger partial charge in [-0.3, -0.25) is 4.90 Å². The zero-order valence-electron chi connectivity index (χ0n) is 13.1. The Morgan fingerprint density at radius 2 is 2.13 bits per heavy atom. The maximum atomic E-state index is 12.9. The normalized spacial score (nSPS) is 21.3. The van der Waals surface area contributed by atoms with Gasteiger partial charge in [-0.15, -0.1) is 0 Å². The van der Waals surface area contributed by atoms with Crippen molar-refractivity contribution in [3.63, 3.8) is 0 Å². The SMILES string of the molecule is CCN1CCOC(CNCC(O)c2ccccc2C(F)(F)F)C1. The first-order valence-corrected chi connectivity index (χ1v) is 7.80. The topological polar surface area (TPSA) is 44.7 Å². The minimum atomic E-state index is -4.47. The van der Waals surface area contributed by atoms with Crippen molar-refractivity contribution in [2.24, 2.45) is 0 Å². The lowest BCUT2D eigenvalue weighted by Crippen LogP contribution is -2.46. The van der Waals surface area contributed by atoms with E-state index in [0.29, 0.717) is 13.2 Å². The minimum Gasteiger partial charge on any atom is -0.387 e. The lowest BCUT2D eigenvalue weighted by Gasteiger charge is -2.32. The number of halogens is 3. The average Bonchev–Trinajstić information content (AvgIpc) is 2.54. The van der Waals surface area contributed by atoms with E-state index < -0.39 is 17.8 Å². The highest BCUT2D eigenvalue weighted by atomic mass is 19.4. The van der Waals surface area contributed by atoms with Crippen LogP contribution in [0.15, 0.2) is 24.3 Å². The van der Waals surface area contributed by atoms with Crippen LogP contribution in [0.1, 0.15) is 24.2 Å². The number of rotatable bonds is 6. The number of nitrogens with one attached hydrogen (secondary N) is 1. The van der Waals surface area contributed by atoms with Crippen molar-refractivity contribution in [3.05, 3.63) is 35.4 Å². The van der Waals surface area contributed by atoms with Crippen molar-refractivity contribution >= 4 is 0 Å². The molecule has 0 aromatic heterocycles. The zero-order valence-corrected chi connectivity index (χ0v) is 13.1. The Kier molecular flexibility index (Phi) is 6.41. The van der Waals surface area contributed by atoms with Crippen molar-refractivity contribution in [1.82, 2.24) is 10.2 Å². The number of alkyl halides is 3. The number of hydrogen-bond acceptors (Lipinski definition) is 4. The van der Waals surface area contributed by atoms with Crippen LogP contribution in [0.4, 0.5) is 13.2 Å². The quantitative estimate of drug-likeness (QED) is 0.837. The second-order valence-electron chi connectivity index (χ2n) is 5.65. The fourth-order valence-corrected chi connectivity index (χ4v) is 2.73. The molecule has 2 unspecified atom stereocenters. The molecule has 0 radical (unpaired) electrons. The van der Waals surface area contributed by atoms with Crippen molar-refractivity contribution in [2.45, 2.75) is 25.3 Å². The molecule has 0 bridgehead atoms. The van der Waals surface area contributed by atoms with Gasteiger partial charge < -0.3 is 15.2 Å². The fraction of sp³-hybridized carbons (Fsp3) is 0.625. The number of morpholine rings is 1. The van der Waals surface area contributed by atoms with Gasteiger partial charge in [0.25, 0.3) is 0 Å². The number of nitrogens with zero attached hydrogens (tertiary/aromatic N) is 1. The molecule has 1 saturated heterocycles. The Bertz CT molecular complexity index is 496. The number of aliphatic hydroxyl groups is 1. The molecule has 1 aliphatic heterocycles. The Morgan fingerprint density at radius 3 is 2.83 bits per heavy atom. The summed E-state index contributed by atoms with van der Waals surface area (Å²) in [7, 11) is 0. The Balaban J connectivity index is 1.87. The molecule has 2 rings (SSSR count). The van der Waals surface area contributed by atoms with Gasteiger partial charge >= 0.3 is 6.18 Å². The number of aliphatic hydroxyl groups excluding tert-OH is 1. The number of ether oxygens (including phenoxy) is 1. The van der Waals surface area contributed by atoms with E-state index >= 15 is 0 Å². The van der Waals surface area contributed by atoms with Crippen LogP contribution in [-0.4, -0.2) is 55.4 Å². The largest absolute Gasteiger partial charge is 0.416 e. The van der Waals surface area contributed by atoms with Gasteiger partial charge in [0, 0.05) is 26.2 Å². The Hall–Kier alpha value is -1.15. The molecule has 1 aliphatic rings. The second-order valence-corrected chi connectivity index (χ2v) is 5.65. The smallest absolute Gasteiger partial charge is 0.387 e. The van der Waals surface area contributed by atoms with Gasteiger partial charge in [-0.05, 0) is 18.2 Å². The monoisotopic (exact) mass is 332 g/mol. The van der Waals surface area contributed by atoms with E-state index in [1.165, 1.54) is 18.2 Å². The molecule has 130 valence electrons. The summed E-state index contributed by atoms with van der Waals surface area (Å²) in [6, 6.07) is 5.12. The molecule has 7 heteroatoms. The lowest BCUT2D eigenvalue weighted by molar-refractivity contribution is -0.139. The molecular weight excluding hydrogens is 309 g/mol. The van der Waals surface area contributed by atoms with Gasteiger partial charge in [0.1, 0.15) is 0 Å². The number of benzene rings is 1. The summed E-state index contributed by atoms with van der Waals surface area (Å²) in [5, 5.41) is 13.1. The summed E-state index contributed by atoms with van der Waals surface area (Å²) in [5.41, 5.74) is -0.896. The van der Waals surface area contributed by atoms with Gasteiger partial charge in [-0.1, -0.05) is 25.1 Å². The summed E-state index contributed by atoms with van der Waals surface area (Å²) in [4.78, 5) is 2.26. The summed E-state index contributed by atoms with van der Waals surface area (Å²) < 4.78 is 44.4. The summed E-state index contributed by atoms with van der Waals surface area (Å²) in [6.07, 6.45) is -5.68. The molecular formula is C16H23F3N2O2. The molecule has 2 atom stereocenters. The molecule has 0 aliphatic carbocycles. The van der Waals surface area contributed by atoms with Crippen LogP contribution in [-0.2, 0) is 10.9 Å². The fourth-order valence-electron chi connectivity index (χ4n) is 2.73. The summed E-state index contributed by atoms with van der Waals surface area (Å²) >= 11 is 0. The number of likely N-dealkylation sites (N-methyl/N-ethyl adjacent to an activating group) is 1. The van der Waals surface area contributed by atoms with Gasteiger partial charge in [-0.25, -0.2) is 0 Å². The lowest BCUT2D eigenvalue weighted by atomic mass is 10.0. The maximum Gasteiger partial charge on any atom is 0.416 e. The van der Waals surface area contributed by atoms with Crippen molar-refractivity contribution in [1.29, 1.82) is 0 Å². The van der Waals surface area contributed by atoms with E-state index in [2.05, 4.69) is 17.1 Å². The van der Waals surface area contributed by atoms with E-state index in [4.69, 9.17) is 4.74 Å². The van der Waals surface area contributed by atoms with Crippen LogP contribution < -0.4 is 5.32 Å². The molecule has 0 amide bonds. The molecule has 4 nitrogen and oxygen atoms in total. The first-order chi connectivity index (χ1) is 10.9. The van der Waals surface area contributed by atoms with Crippen molar-refractivity contribution in [2.75, 3.05) is 39.3 Å². The highest BCUT2D eigenvalue weighted by molar-refractivity contribution is 5.31. The predicted molar refractivity (Wildman–Crippen MR) is 81.1 cm³/mol. The van der Waals surface area contributed by atoms with Crippen LogP contribution in [0.5, 0.6) is 0 Å². The van der Waals surface area contributed by atoms with Crippen LogP contribution in [0.2, 0.25) is 0 Å². The van der Waals surface area contributed by atoms with Crippen molar-refractivity contribution in [3.8, 4) is 0 Å². The third kappa shape index (κ3) is 5.17. The third-order valence-corrected chi connectivity index (χ3v) is 4.01. The third-order valence-electron chi connectivity index (χ3n) is 4.01. The van der Waals surface area contributed by atoms with E-state index in [9.17, 15) is 18.3 Å². The van der Waals surface area contributed by atoms with Gasteiger partial charge in [0.2, 0.25) is 0 Å². The van der Waals surface area contributed by atoms with Gasteiger partial charge in [-0.2, -0.15) is 13.2 Å². The van der Waals surface area contributed by atoms with Crippen LogP contribution in [0.25, 0.3) is 0 Å². The average molecular weight is 332 g/mol. The van der Waals surface area contributed by atoms with Crippen LogP contribution in [0.3, 0.4) is 0 Å². The van der Waals surface area contributed by atoms with Crippen molar-refractivity contribution < 1.29 is 23.0 Å². The van der Waals surface area contributed by atoms with E-state index in [1.54, 1.807) is 0 Å². The van der Waals surface area contributed by atoms with E-state index in [-0.39, 0.29) is 18.2 Å². The van der Waals surface area contributed by atoms with Crippen LogP contribution >= 0.6 is 0 Å². The molecule has 2 N–H and O–H groups in total. The molecule has 23 heavy (non-hydrogen) atoms. The van der Waals surface area contributed by atoms with E-state index in [0.717, 1.165) is 25.7 Å². The van der Waals surface area contributed by atoms with Crippen LogP contribution in [0, 0.1) is 0 Å². The molecule has 1 aromatic rings. The zero-order chi connectivity index (χ0) is 16.9. The summed E-state index contributed by atoms with van der Waals surface area (Å²) in [6.45, 7) is 5.92. The summed E-state index contributed by atoms with van der Waals surface area (Å²) in [5.74, 6) is 0. The minimum absolute atomic E-state index is 0.00578. The van der Waals surface area contributed by atoms with E-state index in [1.807, 2.05) is 0 Å². The molecule has 1 heterocycles. The molecule has 1 fully saturated rings. The predicted octanol–water partition coefficient (Wildman–Crippen LogP) is 2.05. The molecule has 0 spiro atoms. The maximum absolute atomic E-state index is 12.9. The molecule has 0 saturated carbocycles. The second kappa shape index (κ2) is 8.10. The van der Waals surface area contributed by atoms with Gasteiger partial charge in [0.15, 0.2) is 0 Å². The Labute approximate surface area is 134 Å².